The maximum absolute atomic E-state index is 10.9. The van der Waals surface area contributed by atoms with Crippen molar-refractivity contribution in [2.45, 2.75) is 38.6 Å². The minimum Gasteiger partial charge on any atom is -0.496 e. The molecule has 0 fully saturated rings. The highest BCUT2D eigenvalue weighted by molar-refractivity contribution is 5.74. The number of rotatable bonds is 4. The molecule has 0 spiro atoms. The van der Waals surface area contributed by atoms with Gasteiger partial charge in [-0.3, -0.25) is 4.79 Å². The van der Waals surface area contributed by atoms with Crippen molar-refractivity contribution in [1.29, 1.82) is 0 Å². The zero-order valence-corrected chi connectivity index (χ0v) is 11.5. The third kappa shape index (κ3) is 3.47. The molecule has 0 saturated heterocycles. The van der Waals surface area contributed by atoms with Crippen LogP contribution in [0.4, 0.5) is 0 Å². The molecule has 0 aromatic heterocycles. The summed E-state index contributed by atoms with van der Waals surface area (Å²) in [5.74, 6) is 0.438. The molecule has 0 radical (unpaired) electrons. The lowest BCUT2D eigenvalue weighted by molar-refractivity contribution is -0.118. The summed E-state index contributed by atoms with van der Waals surface area (Å²) in [6.07, 6.45) is 0.149. The summed E-state index contributed by atoms with van der Waals surface area (Å²) in [4.78, 5) is 10.9. The predicted molar refractivity (Wildman–Crippen MR) is 72.4 cm³/mol. The average Bonchev–Trinajstić information content (AvgIpc) is 2.26. The van der Waals surface area contributed by atoms with Gasteiger partial charge in [0.25, 0.3) is 0 Å². The second-order valence-electron chi connectivity index (χ2n) is 5.49. The number of hydrogen-bond acceptors (Lipinski definition) is 3. The number of benzene rings is 1. The van der Waals surface area contributed by atoms with E-state index in [0.29, 0.717) is 0 Å². The molecule has 0 bridgehead atoms. The van der Waals surface area contributed by atoms with Crippen LogP contribution in [-0.4, -0.2) is 13.0 Å². The zero-order chi connectivity index (χ0) is 13.9. The van der Waals surface area contributed by atoms with Crippen molar-refractivity contribution in [2.75, 3.05) is 7.11 Å². The molecular weight excluding hydrogens is 228 g/mol. The molecule has 4 nitrogen and oxygen atoms in total. The van der Waals surface area contributed by atoms with E-state index in [0.717, 1.165) is 16.9 Å². The highest BCUT2D eigenvalue weighted by atomic mass is 16.5. The molecule has 0 saturated carbocycles. The van der Waals surface area contributed by atoms with Gasteiger partial charge in [-0.25, -0.2) is 0 Å². The quantitative estimate of drug-likeness (QED) is 0.856. The third-order valence-electron chi connectivity index (χ3n) is 2.88. The summed E-state index contributed by atoms with van der Waals surface area (Å²) >= 11 is 0. The van der Waals surface area contributed by atoms with Gasteiger partial charge in [-0.1, -0.05) is 32.9 Å². The first kappa shape index (κ1) is 14.5. The van der Waals surface area contributed by atoms with Gasteiger partial charge in [-0.2, -0.15) is 0 Å². The van der Waals surface area contributed by atoms with Crippen molar-refractivity contribution in [3.05, 3.63) is 29.3 Å². The SMILES string of the molecule is COc1ccc(C(N)CC(N)=O)cc1C(C)(C)C. The Bertz CT molecular complexity index is 436. The van der Waals surface area contributed by atoms with Gasteiger partial charge in [-0.15, -0.1) is 0 Å². The monoisotopic (exact) mass is 250 g/mol. The highest BCUT2D eigenvalue weighted by Gasteiger charge is 2.20. The Labute approximate surface area is 108 Å². The molecule has 0 aliphatic carbocycles. The Balaban J connectivity index is 3.14. The normalized spacial score (nSPS) is 13.2. The Morgan fingerprint density at radius 2 is 2.00 bits per heavy atom. The van der Waals surface area contributed by atoms with E-state index in [1.807, 2.05) is 18.2 Å². The van der Waals surface area contributed by atoms with Gasteiger partial charge < -0.3 is 16.2 Å². The summed E-state index contributed by atoms with van der Waals surface area (Å²) in [6, 6.07) is 5.39. The molecule has 1 amide bonds. The van der Waals surface area contributed by atoms with Gasteiger partial charge in [0, 0.05) is 12.5 Å². The summed E-state index contributed by atoms with van der Waals surface area (Å²) < 4.78 is 5.36. The zero-order valence-electron chi connectivity index (χ0n) is 11.5. The minimum absolute atomic E-state index is 0.0478. The number of nitrogens with two attached hydrogens (primary N) is 2. The number of carbonyl (C=O) groups excluding carboxylic acids is 1. The molecule has 18 heavy (non-hydrogen) atoms. The van der Waals surface area contributed by atoms with Gasteiger partial charge in [-0.05, 0) is 22.6 Å². The van der Waals surface area contributed by atoms with Crippen LogP contribution in [0.15, 0.2) is 18.2 Å². The fourth-order valence-electron chi connectivity index (χ4n) is 1.88. The number of ether oxygens (including phenoxy) is 1. The molecule has 1 aromatic rings. The second-order valence-corrected chi connectivity index (χ2v) is 5.49. The average molecular weight is 250 g/mol. The van der Waals surface area contributed by atoms with Crippen molar-refractivity contribution >= 4 is 5.91 Å². The van der Waals surface area contributed by atoms with E-state index in [-0.39, 0.29) is 17.9 Å². The molecular formula is C14H22N2O2. The van der Waals surface area contributed by atoms with Crippen molar-refractivity contribution in [2.24, 2.45) is 11.5 Å². The van der Waals surface area contributed by atoms with Crippen LogP contribution in [0.25, 0.3) is 0 Å². The minimum atomic E-state index is -0.393. The van der Waals surface area contributed by atoms with E-state index in [1.54, 1.807) is 7.11 Å². The van der Waals surface area contributed by atoms with Crippen molar-refractivity contribution in [1.82, 2.24) is 0 Å². The Hall–Kier alpha value is -1.55. The van der Waals surface area contributed by atoms with Gasteiger partial charge in [0.15, 0.2) is 0 Å². The first-order valence-corrected chi connectivity index (χ1v) is 5.98. The van der Waals surface area contributed by atoms with E-state index in [1.165, 1.54) is 0 Å². The van der Waals surface area contributed by atoms with E-state index in [2.05, 4.69) is 20.8 Å². The van der Waals surface area contributed by atoms with Gasteiger partial charge in [0.1, 0.15) is 5.75 Å². The van der Waals surface area contributed by atoms with Crippen LogP contribution in [0.5, 0.6) is 5.75 Å². The van der Waals surface area contributed by atoms with Gasteiger partial charge in [0.2, 0.25) is 5.91 Å². The molecule has 100 valence electrons. The highest BCUT2D eigenvalue weighted by Crippen LogP contribution is 2.33. The molecule has 1 unspecified atom stereocenters. The lowest BCUT2D eigenvalue weighted by Crippen LogP contribution is -2.21. The maximum atomic E-state index is 10.9. The lowest BCUT2D eigenvalue weighted by Gasteiger charge is -2.24. The van der Waals surface area contributed by atoms with Gasteiger partial charge >= 0.3 is 0 Å². The second kappa shape index (κ2) is 5.40. The number of amides is 1. The van der Waals surface area contributed by atoms with Crippen molar-refractivity contribution in [3.63, 3.8) is 0 Å². The first-order valence-electron chi connectivity index (χ1n) is 5.98. The first-order chi connectivity index (χ1) is 8.25. The molecule has 1 rings (SSSR count). The number of hydrogen-bond donors (Lipinski definition) is 2. The van der Waals surface area contributed by atoms with Crippen LogP contribution in [0.1, 0.15) is 44.4 Å². The molecule has 0 heterocycles. The van der Waals surface area contributed by atoms with Crippen LogP contribution in [0.2, 0.25) is 0 Å². The molecule has 0 aliphatic rings. The summed E-state index contributed by atoms with van der Waals surface area (Å²) in [6.45, 7) is 6.32. The molecule has 0 aliphatic heterocycles. The molecule has 4 heteroatoms. The predicted octanol–water partition coefficient (Wildman–Crippen LogP) is 1.87. The Morgan fingerprint density at radius 3 is 2.44 bits per heavy atom. The lowest BCUT2D eigenvalue weighted by atomic mass is 9.84. The standard InChI is InChI=1S/C14H22N2O2/c1-14(2,3)10-7-9(5-6-12(10)18-4)11(15)8-13(16)17/h5-7,11H,8,15H2,1-4H3,(H2,16,17). The Kier molecular flexibility index (Phi) is 4.35. The van der Waals surface area contributed by atoms with Crippen LogP contribution < -0.4 is 16.2 Å². The smallest absolute Gasteiger partial charge is 0.219 e. The summed E-state index contributed by atoms with van der Waals surface area (Å²) in [5.41, 5.74) is 13.1. The van der Waals surface area contributed by atoms with Crippen molar-refractivity contribution in [3.8, 4) is 5.75 Å². The number of carbonyl (C=O) groups is 1. The van der Waals surface area contributed by atoms with Crippen LogP contribution >= 0.6 is 0 Å². The van der Waals surface area contributed by atoms with Crippen LogP contribution in [0, 0.1) is 0 Å². The van der Waals surface area contributed by atoms with E-state index in [9.17, 15) is 4.79 Å². The molecule has 1 atom stereocenters. The Morgan fingerprint density at radius 1 is 1.39 bits per heavy atom. The fraction of sp³-hybridized carbons (Fsp3) is 0.500. The summed E-state index contributed by atoms with van der Waals surface area (Å²) in [5, 5.41) is 0. The largest absolute Gasteiger partial charge is 0.496 e. The summed E-state index contributed by atoms with van der Waals surface area (Å²) in [7, 11) is 1.65. The fourth-order valence-corrected chi connectivity index (χ4v) is 1.88. The van der Waals surface area contributed by atoms with Crippen LogP contribution in [-0.2, 0) is 10.2 Å². The maximum Gasteiger partial charge on any atom is 0.219 e. The van der Waals surface area contributed by atoms with E-state index < -0.39 is 5.91 Å². The number of primary amides is 1. The van der Waals surface area contributed by atoms with E-state index >= 15 is 0 Å². The molecule has 4 N–H and O–H groups in total. The third-order valence-corrected chi connectivity index (χ3v) is 2.88. The van der Waals surface area contributed by atoms with E-state index in [4.69, 9.17) is 16.2 Å². The van der Waals surface area contributed by atoms with Crippen molar-refractivity contribution < 1.29 is 9.53 Å². The van der Waals surface area contributed by atoms with Gasteiger partial charge in [0.05, 0.1) is 7.11 Å². The van der Waals surface area contributed by atoms with Crippen LogP contribution in [0.3, 0.4) is 0 Å². The topological polar surface area (TPSA) is 78.3 Å². The number of methoxy groups -OCH3 is 1. The molecule has 1 aromatic carbocycles.